The summed E-state index contributed by atoms with van der Waals surface area (Å²) in [5.41, 5.74) is 1.17. The standard InChI is InChI=1S/C22H21N3O4S/c1-15-7-4-5-12-25(15)30(27,28)17-9-6-8-16(13-17)21(26)18(14-23)22-24-19-10-2-3-11-20(19)29-22/h2-3,6,8-11,13,15,18H,4-5,7,12H2,1H3. The fourth-order valence-electron chi connectivity index (χ4n) is 3.78. The van der Waals surface area contributed by atoms with Gasteiger partial charge in [-0.15, -0.1) is 0 Å². The summed E-state index contributed by atoms with van der Waals surface area (Å²) in [5.74, 6) is -1.81. The number of piperidine rings is 1. The minimum Gasteiger partial charge on any atom is -0.439 e. The molecule has 0 bridgehead atoms. The van der Waals surface area contributed by atoms with Crippen molar-refractivity contribution in [1.29, 1.82) is 5.26 Å². The molecule has 3 aromatic rings. The lowest BCUT2D eigenvalue weighted by Crippen LogP contribution is -2.41. The van der Waals surface area contributed by atoms with Crippen LogP contribution in [0.25, 0.3) is 11.1 Å². The number of aromatic nitrogens is 1. The topological polar surface area (TPSA) is 104 Å². The monoisotopic (exact) mass is 423 g/mol. The van der Waals surface area contributed by atoms with Crippen molar-refractivity contribution in [1.82, 2.24) is 9.29 Å². The number of carbonyl (C=O) groups is 1. The smallest absolute Gasteiger partial charge is 0.243 e. The highest BCUT2D eigenvalue weighted by Crippen LogP contribution is 2.28. The molecule has 1 aromatic heterocycles. The third kappa shape index (κ3) is 3.62. The second-order valence-corrected chi connectivity index (χ2v) is 9.33. The molecule has 4 rings (SSSR count). The molecule has 30 heavy (non-hydrogen) atoms. The highest BCUT2D eigenvalue weighted by molar-refractivity contribution is 7.89. The van der Waals surface area contributed by atoms with E-state index >= 15 is 0 Å². The van der Waals surface area contributed by atoms with E-state index in [9.17, 15) is 18.5 Å². The predicted molar refractivity (Wildman–Crippen MR) is 110 cm³/mol. The number of benzene rings is 2. The number of ketones is 1. The molecule has 1 saturated heterocycles. The van der Waals surface area contributed by atoms with E-state index in [0.29, 0.717) is 17.6 Å². The van der Waals surface area contributed by atoms with Gasteiger partial charge in [-0.3, -0.25) is 4.79 Å². The molecule has 0 N–H and O–H groups in total. The van der Waals surface area contributed by atoms with Crippen molar-refractivity contribution in [3.05, 3.63) is 60.0 Å². The summed E-state index contributed by atoms with van der Waals surface area (Å²) < 4.78 is 33.3. The Hall–Kier alpha value is -3.02. The maximum atomic E-state index is 13.1. The number of sulfonamides is 1. The predicted octanol–water partition coefficient (Wildman–Crippen LogP) is 3.88. The number of oxazole rings is 1. The van der Waals surface area contributed by atoms with Crippen LogP contribution in [0.5, 0.6) is 0 Å². The molecule has 1 fully saturated rings. The first-order chi connectivity index (χ1) is 14.4. The first-order valence-corrected chi connectivity index (χ1v) is 11.3. The van der Waals surface area contributed by atoms with E-state index in [1.54, 1.807) is 24.3 Å². The zero-order valence-electron chi connectivity index (χ0n) is 16.5. The van der Waals surface area contributed by atoms with Crippen molar-refractivity contribution in [3.8, 4) is 6.07 Å². The molecule has 7 nitrogen and oxygen atoms in total. The Kier molecular flexibility index (Phi) is 5.41. The van der Waals surface area contributed by atoms with Crippen LogP contribution < -0.4 is 0 Å². The fourth-order valence-corrected chi connectivity index (χ4v) is 5.53. The van der Waals surface area contributed by atoms with Gasteiger partial charge in [0.05, 0.1) is 11.0 Å². The summed E-state index contributed by atoms with van der Waals surface area (Å²) in [6.07, 6.45) is 2.63. The summed E-state index contributed by atoms with van der Waals surface area (Å²) in [4.78, 5) is 17.3. The van der Waals surface area contributed by atoms with Crippen molar-refractivity contribution < 1.29 is 17.6 Å². The van der Waals surface area contributed by atoms with E-state index in [-0.39, 0.29) is 22.4 Å². The first-order valence-electron chi connectivity index (χ1n) is 9.83. The number of hydrogen-bond acceptors (Lipinski definition) is 6. The first kappa shape index (κ1) is 20.3. The van der Waals surface area contributed by atoms with Crippen LogP contribution in [0.2, 0.25) is 0 Å². The number of carbonyl (C=O) groups excluding carboxylic acids is 1. The summed E-state index contributed by atoms with van der Waals surface area (Å²) in [6, 6.07) is 14.7. The maximum Gasteiger partial charge on any atom is 0.243 e. The van der Waals surface area contributed by atoms with Crippen molar-refractivity contribution in [2.45, 2.75) is 43.0 Å². The maximum absolute atomic E-state index is 13.1. The average Bonchev–Trinajstić information content (AvgIpc) is 3.18. The quantitative estimate of drug-likeness (QED) is 0.577. The molecule has 2 heterocycles. The molecule has 8 heteroatoms. The number of rotatable bonds is 5. The molecule has 0 amide bonds. The zero-order valence-corrected chi connectivity index (χ0v) is 17.3. The van der Waals surface area contributed by atoms with Gasteiger partial charge in [0.2, 0.25) is 15.9 Å². The Balaban J connectivity index is 1.67. The van der Waals surface area contributed by atoms with Crippen molar-refractivity contribution >= 4 is 26.9 Å². The third-order valence-electron chi connectivity index (χ3n) is 5.42. The van der Waals surface area contributed by atoms with E-state index in [1.807, 2.05) is 13.0 Å². The molecule has 0 spiro atoms. The minimum absolute atomic E-state index is 0.00149. The lowest BCUT2D eigenvalue weighted by atomic mass is 9.99. The lowest BCUT2D eigenvalue weighted by Gasteiger charge is -2.32. The third-order valence-corrected chi connectivity index (χ3v) is 7.43. The highest BCUT2D eigenvalue weighted by atomic mass is 32.2. The minimum atomic E-state index is -3.73. The fraction of sp³-hybridized carbons (Fsp3) is 0.318. The average molecular weight is 423 g/mol. The van der Waals surface area contributed by atoms with Gasteiger partial charge in [0, 0.05) is 18.2 Å². The van der Waals surface area contributed by atoms with E-state index in [4.69, 9.17) is 4.42 Å². The van der Waals surface area contributed by atoms with Crippen LogP contribution in [0.3, 0.4) is 0 Å². The van der Waals surface area contributed by atoms with E-state index in [2.05, 4.69) is 4.98 Å². The normalized spacial score (nSPS) is 18.7. The van der Waals surface area contributed by atoms with Crippen LogP contribution in [0.4, 0.5) is 0 Å². The van der Waals surface area contributed by atoms with Crippen LogP contribution in [-0.2, 0) is 10.0 Å². The van der Waals surface area contributed by atoms with Crippen molar-refractivity contribution in [3.63, 3.8) is 0 Å². The molecular weight excluding hydrogens is 402 g/mol. The van der Waals surface area contributed by atoms with Gasteiger partial charge in [-0.2, -0.15) is 9.57 Å². The Morgan fingerprint density at radius 1 is 1.23 bits per heavy atom. The molecule has 0 saturated carbocycles. The molecular formula is C22H21N3O4S. The molecule has 2 unspecified atom stereocenters. The van der Waals surface area contributed by atoms with E-state index < -0.39 is 21.7 Å². The number of fused-ring (bicyclic) bond motifs is 1. The van der Waals surface area contributed by atoms with Gasteiger partial charge in [0.25, 0.3) is 0 Å². The SMILES string of the molecule is CC1CCCCN1S(=O)(=O)c1cccc(C(=O)C(C#N)c2nc3ccccc3o2)c1. The van der Waals surface area contributed by atoms with Crippen molar-refractivity contribution in [2.75, 3.05) is 6.54 Å². The van der Waals surface area contributed by atoms with Crippen LogP contribution >= 0.6 is 0 Å². The Morgan fingerprint density at radius 2 is 2.03 bits per heavy atom. The van der Waals surface area contributed by atoms with E-state index in [1.165, 1.54) is 28.6 Å². The van der Waals surface area contributed by atoms with Crippen molar-refractivity contribution in [2.24, 2.45) is 0 Å². The lowest BCUT2D eigenvalue weighted by molar-refractivity contribution is 0.0970. The Morgan fingerprint density at radius 3 is 2.77 bits per heavy atom. The summed E-state index contributed by atoms with van der Waals surface area (Å²) >= 11 is 0. The number of nitrogens with zero attached hydrogens (tertiary/aromatic N) is 3. The summed E-state index contributed by atoms with van der Waals surface area (Å²) in [5, 5.41) is 9.61. The molecule has 1 aliphatic heterocycles. The number of nitriles is 1. The number of Topliss-reactive ketones (excluding diaryl/α,β-unsaturated/α-hetero) is 1. The molecule has 0 radical (unpaired) electrons. The van der Waals surface area contributed by atoms with Gasteiger partial charge < -0.3 is 4.42 Å². The van der Waals surface area contributed by atoms with Crippen LogP contribution in [0, 0.1) is 11.3 Å². The van der Waals surface area contributed by atoms with E-state index in [0.717, 1.165) is 19.3 Å². The molecule has 1 aliphatic rings. The highest BCUT2D eigenvalue weighted by Gasteiger charge is 2.32. The number of hydrogen-bond donors (Lipinski definition) is 0. The van der Waals surface area contributed by atoms with Crippen LogP contribution in [0.1, 0.15) is 48.4 Å². The molecule has 2 atom stereocenters. The second-order valence-electron chi connectivity index (χ2n) is 7.43. The second kappa shape index (κ2) is 8.01. The molecule has 2 aromatic carbocycles. The van der Waals surface area contributed by atoms with Gasteiger partial charge in [0.15, 0.2) is 17.3 Å². The Labute approximate surface area is 175 Å². The Bertz CT molecular complexity index is 1210. The molecule has 154 valence electrons. The summed E-state index contributed by atoms with van der Waals surface area (Å²) in [7, 11) is -3.73. The van der Waals surface area contributed by atoms with Crippen LogP contribution in [0.15, 0.2) is 57.8 Å². The largest absolute Gasteiger partial charge is 0.439 e. The van der Waals surface area contributed by atoms with Gasteiger partial charge in [-0.05, 0) is 44.0 Å². The number of para-hydroxylation sites is 2. The molecule has 0 aliphatic carbocycles. The van der Waals surface area contributed by atoms with Gasteiger partial charge >= 0.3 is 0 Å². The van der Waals surface area contributed by atoms with Gasteiger partial charge in [-0.25, -0.2) is 13.4 Å². The zero-order chi connectivity index (χ0) is 21.3. The van der Waals surface area contributed by atoms with Gasteiger partial charge in [-0.1, -0.05) is 30.7 Å². The van der Waals surface area contributed by atoms with Crippen LogP contribution in [-0.4, -0.2) is 36.1 Å². The van der Waals surface area contributed by atoms with Gasteiger partial charge in [0.1, 0.15) is 5.52 Å². The summed E-state index contributed by atoms with van der Waals surface area (Å²) in [6.45, 7) is 2.36.